The van der Waals surface area contributed by atoms with Crippen LogP contribution >= 0.6 is 23.2 Å². The molecule has 0 heterocycles. The molecule has 0 saturated heterocycles. The molecule has 0 spiro atoms. The topological polar surface area (TPSA) is 40.5 Å². The number of hydrogen-bond donors (Lipinski definition) is 2. The van der Waals surface area contributed by atoms with Gasteiger partial charge in [0.25, 0.3) is 0 Å². The summed E-state index contributed by atoms with van der Waals surface area (Å²) in [4.78, 5) is 0. The summed E-state index contributed by atoms with van der Waals surface area (Å²) in [6.45, 7) is 9.30. The van der Waals surface area contributed by atoms with Crippen molar-refractivity contribution in [3.8, 4) is 0 Å². The Morgan fingerprint density at radius 3 is 1.34 bits per heavy atom. The van der Waals surface area contributed by atoms with Crippen molar-refractivity contribution in [3.05, 3.63) is 94.0 Å². The lowest BCUT2D eigenvalue weighted by molar-refractivity contribution is 0.290. The van der Waals surface area contributed by atoms with Gasteiger partial charge in [0.05, 0.1) is 16.1 Å². The highest BCUT2D eigenvalue weighted by Crippen LogP contribution is 2.33. The van der Waals surface area contributed by atoms with Crippen molar-refractivity contribution >= 4 is 49.7 Å². The second kappa shape index (κ2) is 10.2. The summed E-state index contributed by atoms with van der Waals surface area (Å²) in [5.74, 6) is 0. The number of rotatable bonds is 8. The highest BCUT2D eigenvalue weighted by Gasteiger charge is 2.39. The molecule has 2 unspecified atom stereocenters. The smallest absolute Gasteiger partial charge is 0.0906 e. The van der Waals surface area contributed by atoms with E-state index in [0.29, 0.717) is 10.0 Å². The molecule has 32 heavy (non-hydrogen) atoms. The average Bonchev–Trinajstić information content (AvgIpc) is 2.77. The van der Waals surface area contributed by atoms with Gasteiger partial charge in [0.15, 0.2) is 0 Å². The summed E-state index contributed by atoms with van der Waals surface area (Å²) in [6, 6.07) is 24.5. The third-order valence-corrected chi connectivity index (χ3v) is 15.8. The van der Waals surface area contributed by atoms with Crippen LogP contribution < -0.4 is 10.4 Å². The highest BCUT2D eigenvalue weighted by molar-refractivity contribution is 6.93. The van der Waals surface area contributed by atoms with E-state index < -0.39 is 16.1 Å². The molecular formula is C26H32Cl2O2Si2. The minimum absolute atomic E-state index is 0.00608. The van der Waals surface area contributed by atoms with Crippen molar-refractivity contribution < 1.29 is 10.2 Å². The van der Waals surface area contributed by atoms with Crippen LogP contribution in [0.3, 0.4) is 0 Å². The number of aliphatic hydroxyl groups is 2. The Bertz CT molecular complexity index is 988. The molecule has 0 fully saturated rings. The minimum Gasteiger partial charge on any atom is -0.396 e. The second-order valence-corrected chi connectivity index (χ2v) is 19.8. The Hall–Kier alpha value is -1.41. The zero-order valence-corrected chi connectivity index (χ0v) is 22.7. The van der Waals surface area contributed by atoms with Gasteiger partial charge in [-0.2, -0.15) is 0 Å². The predicted octanol–water partition coefficient (Wildman–Crippen LogP) is 5.45. The van der Waals surface area contributed by atoms with Crippen LogP contribution in [0.4, 0.5) is 0 Å². The molecule has 0 saturated carbocycles. The van der Waals surface area contributed by atoms with Crippen molar-refractivity contribution in [3.63, 3.8) is 0 Å². The Labute approximate surface area is 203 Å². The molecule has 6 heteroatoms. The van der Waals surface area contributed by atoms with E-state index in [1.54, 1.807) is 0 Å². The maximum atomic E-state index is 10.4. The Balaban J connectivity index is 2.04. The number of hydrogen-bond acceptors (Lipinski definition) is 2. The molecule has 2 N–H and O–H groups in total. The molecular weight excluding hydrogens is 471 g/mol. The van der Waals surface area contributed by atoms with Gasteiger partial charge in [-0.25, -0.2) is 0 Å². The summed E-state index contributed by atoms with van der Waals surface area (Å²) < 4.78 is 0. The molecule has 0 aliphatic rings. The van der Waals surface area contributed by atoms with Crippen LogP contribution in [0.15, 0.2) is 72.8 Å². The maximum Gasteiger partial charge on any atom is 0.0906 e. The summed E-state index contributed by atoms with van der Waals surface area (Å²) in [7, 11) is -4.25. The summed E-state index contributed by atoms with van der Waals surface area (Å²) in [5, 5.41) is 24.7. The Morgan fingerprint density at radius 2 is 1.00 bits per heavy atom. The van der Waals surface area contributed by atoms with Crippen LogP contribution in [-0.2, 0) is 0 Å². The predicted molar refractivity (Wildman–Crippen MR) is 143 cm³/mol. The normalized spacial score (nSPS) is 14.2. The van der Waals surface area contributed by atoms with Crippen LogP contribution in [0, 0.1) is 0 Å². The molecule has 0 aliphatic heterocycles. The minimum atomic E-state index is -2.13. The summed E-state index contributed by atoms with van der Waals surface area (Å²) in [5.41, 5.74) is 2.01. The fraction of sp³-hybridized carbons (Fsp3) is 0.308. The van der Waals surface area contributed by atoms with E-state index >= 15 is 0 Å². The Morgan fingerprint density at radius 1 is 0.625 bits per heavy atom. The van der Waals surface area contributed by atoms with E-state index in [2.05, 4.69) is 50.5 Å². The van der Waals surface area contributed by atoms with E-state index in [4.69, 9.17) is 23.2 Å². The van der Waals surface area contributed by atoms with Crippen molar-refractivity contribution in [2.45, 2.75) is 37.3 Å². The van der Waals surface area contributed by atoms with Gasteiger partial charge in [0.2, 0.25) is 0 Å². The highest BCUT2D eigenvalue weighted by atomic mass is 35.5. The van der Waals surface area contributed by atoms with Crippen LogP contribution in [-0.4, -0.2) is 39.6 Å². The molecule has 3 aromatic rings. The van der Waals surface area contributed by atoms with Crippen LogP contribution in [0.2, 0.25) is 36.2 Å². The lowest BCUT2D eigenvalue weighted by Crippen LogP contribution is -2.54. The van der Waals surface area contributed by atoms with E-state index in [0.717, 1.165) is 11.1 Å². The monoisotopic (exact) mass is 502 g/mol. The first-order valence-electron chi connectivity index (χ1n) is 11.0. The Kier molecular flexibility index (Phi) is 8.08. The first-order valence-corrected chi connectivity index (χ1v) is 17.9. The van der Waals surface area contributed by atoms with E-state index in [9.17, 15) is 10.2 Å². The third-order valence-electron chi connectivity index (χ3n) is 7.02. The van der Waals surface area contributed by atoms with Crippen LogP contribution in [0.5, 0.6) is 0 Å². The lowest BCUT2D eigenvalue weighted by atomic mass is 10.1. The molecule has 0 amide bonds. The number of halogens is 2. The zero-order valence-electron chi connectivity index (χ0n) is 19.1. The third kappa shape index (κ3) is 4.91. The first-order chi connectivity index (χ1) is 15.1. The number of aliphatic hydroxyl groups excluding tert-OH is 2. The van der Waals surface area contributed by atoms with Crippen molar-refractivity contribution in [2.24, 2.45) is 0 Å². The molecule has 0 radical (unpaired) electrons. The van der Waals surface area contributed by atoms with Gasteiger partial charge in [-0.05, 0) is 23.3 Å². The summed E-state index contributed by atoms with van der Waals surface area (Å²) >= 11 is 13.0. The van der Waals surface area contributed by atoms with E-state index in [-0.39, 0.29) is 24.3 Å². The van der Waals surface area contributed by atoms with E-state index in [1.807, 2.05) is 48.5 Å². The van der Waals surface area contributed by atoms with Gasteiger partial charge in [0.1, 0.15) is 0 Å². The molecule has 170 valence electrons. The molecule has 0 aromatic heterocycles. The zero-order chi connectivity index (χ0) is 23.5. The van der Waals surface area contributed by atoms with E-state index in [1.165, 1.54) is 10.4 Å². The molecule has 2 nitrogen and oxygen atoms in total. The fourth-order valence-electron chi connectivity index (χ4n) is 4.67. The largest absolute Gasteiger partial charge is 0.396 e. The second-order valence-electron chi connectivity index (χ2n) is 9.54. The standard InChI is InChI=1S/C26H32Cl2O2Si2/c1-31(2,25(17-29)21-12-5-7-14-23(21)27)19-10-9-11-20(16-19)32(3,4)26(18-30)22-13-6-8-15-24(22)28/h5-16,25-26,29-30H,17-18H2,1-4H3. The van der Waals surface area contributed by atoms with Crippen molar-refractivity contribution in [2.75, 3.05) is 13.2 Å². The van der Waals surface area contributed by atoms with Gasteiger partial charge in [-0.1, -0.05) is 120 Å². The molecule has 3 aromatic carbocycles. The number of benzene rings is 3. The fourth-order valence-corrected chi connectivity index (χ4v) is 11.4. The lowest BCUT2D eigenvalue weighted by Gasteiger charge is -2.36. The quantitative estimate of drug-likeness (QED) is 0.401. The van der Waals surface area contributed by atoms with Gasteiger partial charge in [-0.3, -0.25) is 0 Å². The summed E-state index contributed by atoms with van der Waals surface area (Å²) in [6.07, 6.45) is 0. The van der Waals surface area contributed by atoms with Gasteiger partial charge in [0, 0.05) is 34.3 Å². The maximum absolute atomic E-state index is 10.4. The molecule has 0 aliphatic carbocycles. The molecule has 3 rings (SSSR count). The van der Waals surface area contributed by atoms with Crippen molar-refractivity contribution in [1.82, 2.24) is 0 Å². The molecule has 2 atom stereocenters. The average molecular weight is 504 g/mol. The van der Waals surface area contributed by atoms with Crippen LogP contribution in [0.25, 0.3) is 0 Å². The molecule has 0 bridgehead atoms. The first kappa shape index (κ1) is 25.2. The van der Waals surface area contributed by atoms with Crippen molar-refractivity contribution in [1.29, 1.82) is 0 Å². The SMILES string of the molecule is C[Si](C)(c1cccc([Si](C)(C)C(CO)c2ccccc2Cl)c1)C(CO)c1ccccc1Cl. The van der Waals surface area contributed by atoms with Crippen LogP contribution in [0.1, 0.15) is 22.2 Å². The van der Waals surface area contributed by atoms with Gasteiger partial charge in [-0.15, -0.1) is 0 Å². The van der Waals surface area contributed by atoms with Gasteiger partial charge < -0.3 is 10.2 Å². The van der Waals surface area contributed by atoms with Gasteiger partial charge >= 0.3 is 0 Å².